The zero-order valence-electron chi connectivity index (χ0n) is 32.2. The summed E-state index contributed by atoms with van der Waals surface area (Å²) < 4.78 is 43.4. The first-order chi connectivity index (χ1) is 28.2. The average molecular weight is 796 g/mol. The molecule has 3 amide bonds. The van der Waals surface area contributed by atoms with E-state index in [1.54, 1.807) is 17.1 Å². The normalized spacial score (nSPS) is 25.3. The molecule has 3 aromatic heterocycles. The van der Waals surface area contributed by atoms with Gasteiger partial charge in [0.1, 0.15) is 18.0 Å². The minimum atomic E-state index is -2.85. The van der Waals surface area contributed by atoms with Crippen LogP contribution in [0.1, 0.15) is 103 Å². The number of benzene rings is 1. The summed E-state index contributed by atoms with van der Waals surface area (Å²) >= 11 is 0. The topological polar surface area (TPSA) is 148 Å². The van der Waals surface area contributed by atoms with Gasteiger partial charge in [-0.15, -0.1) is 0 Å². The number of rotatable bonds is 10. The van der Waals surface area contributed by atoms with Crippen molar-refractivity contribution in [2.75, 3.05) is 49.6 Å². The predicted octanol–water partition coefficient (Wildman–Crippen LogP) is 4.88. The standard InChI is InChI=1S/C42H47F2N9O5/c43-39(44)38-35(46-42(56)34-21-45-52-17-14-36(47-40(34)52)51-23-32-20-30(51)25-58-32)24-53(49-38)29-8-6-27(7-9-29)22-50-15-12-31(13-16-50)57-18-2-4-26-3-1-5-28(19-26)33-10-11-37(54)48-41(33)55/h1,3,5,14,17,19,21,24,27,29-33,39H,6-13,15-16,18,20,22-23,25H2,(H,46,56)(H,48,54,55)/t27?,29?,30-,32-,33?/m1/s1. The summed E-state index contributed by atoms with van der Waals surface area (Å²) in [5, 5.41) is 13.7. The van der Waals surface area contributed by atoms with Crippen LogP contribution in [-0.4, -0.2) is 105 Å². The molecular weight excluding hydrogens is 749 g/mol. The maximum Gasteiger partial charge on any atom is 0.284 e. The van der Waals surface area contributed by atoms with Gasteiger partial charge in [-0.2, -0.15) is 10.2 Å². The fourth-order valence-corrected chi connectivity index (χ4v) is 9.26. The molecule has 4 aromatic rings. The Balaban J connectivity index is 0.734. The van der Waals surface area contributed by atoms with Crippen LogP contribution in [-0.2, 0) is 19.1 Å². The molecule has 9 rings (SSSR count). The number of aromatic nitrogens is 5. The van der Waals surface area contributed by atoms with Crippen molar-refractivity contribution >= 4 is 34.9 Å². The number of hydrogen-bond acceptors (Lipinski definition) is 10. The number of halogens is 2. The van der Waals surface area contributed by atoms with Crippen molar-refractivity contribution in [3.8, 4) is 11.8 Å². The van der Waals surface area contributed by atoms with Crippen LogP contribution in [0.3, 0.4) is 0 Å². The number of nitrogens with one attached hydrogen (secondary N) is 2. The van der Waals surface area contributed by atoms with Gasteiger partial charge in [0.15, 0.2) is 11.3 Å². The number of nitrogens with zero attached hydrogens (tertiary/aromatic N) is 7. The lowest BCUT2D eigenvalue weighted by molar-refractivity contribution is -0.134. The molecule has 1 aliphatic carbocycles. The van der Waals surface area contributed by atoms with E-state index < -0.39 is 18.0 Å². The number of carbonyl (C=O) groups excluding carboxylic acids is 3. The highest BCUT2D eigenvalue weighted by Crippen LogP contribution is 2.36. The second kappa shape index (κ2) is 16.6. The Labute approximate surface area is 334 Å². The summed E-state index contributed by atoms with van der Waals surface area (Å²) in [7, 11) is 0. The van der Waals surface area contributed by atoms with Crippen molar-refractivity contribution in [2.24, 2.45) is 5.92 Å². The van der Waals surface area contributed by atoms with E-state index in [-0.39, 0.29) is 53.3 Å². The minimum Gasteiger partial charge on any atom is -0.374 e. The second-order valence-corrected chi connectivity index (χ2v) is 16.2. The summed E-state index contributed by atoms with van der Waals surface area (Å²) in [5.74, 6) is 6.14. The maximum atomic E-state index is 14.2. The molecule has 5 aliphatic rings. The number of ether oxygens (including phenoxy) is 2. The van der Waals surface area contributed by atoms with Crippen LogP contribution in [0.2, 0.25) is 0 Å². The van der Waals surface area contributed by atoms with E-state index in [2.05, 4.69) is 42.5 Å². The van der Waals surface area contributed by atoms with Crippen LogP contribution >= 0.6 is 0 Å². The van der Waals surface area contributed by atoms with Crippen molar-refractivity contribution < 1.29 is 32.6 Å². The number of hydrogen-bond donors (Lipinski definition) is 2. The van der Waals surface area contributed by atoms with Crippen LogP contribution in [0, 0.1) is 17.8 Å². The highest BCUT2D eigenvalue weighted by atomic mass is 19.3. The number of morpholine rings is 1. The number of fused-ring (bicyclic) bond motifs is 3. The second-order valence-electron chi connectivity index (χ2n) is 16.2. The van der Waals surface area contributed by atoms with E-state index in [9.17, 15) is 23.2 Å². The SMILES string of the molecule is O=C1CCC(c2cccc(C#CCOC3CCN(CC4CCC(n5cc(NC(=O)c6cnn7ccc(N8C[C@H]9C[C@@H]8CO9)nc67)c(C(F)F)n5)CC4)CC3)c2)C(=O)N1. The number of piperidine rings is 2. The Kier molecular flexibility index (Phi) is 10.9. The van der Waals surface area contributed by atoms with Gasteiger partial charge >= 0.3 is 0 Å². The van der Waals surface area contributed by atoms with E-state index in [1.807, 2.05) is 30.3 Å². The third-order valence-electron chi connectivity index (χ3n) is 12.4. The quantitative estimate of drug-likeness (QED) is 0.168. The molecule has 7 heterocycles. The summed E-state index contributed by atoms with van der Waals surface area (Å²) in [4.78, 5) is 46.7. The molecule has 0 radical (unpaired) electrons. The van der Waals surface area contributed by atoms with E-state index >= 15 is 0 Å². The van der Waals surface area contributed by atoms with Crippen LogP contribution in [0.25, 0.3) is 5.65 Å². The molecule has 4 aliphatic heterocycles. The molecule has 3 atom stereocenters. The first-order valence-electron chi connectivity index (χ1n) is 20.4. The largest absolute Gasteiger partial charge is 0.374 e. The summed E-state index contributed by atoms with van der Waals surface area (Å²) in [6.07, 6.45) is 9.44. The van der Waals surface area contributed by atoms with Crippen LogP contribution in [0.4, 0.5) is 20.3 Å². The van der Waals surface area contributed by atoms with E-state index in [0.29, 0.717) is 37.6 Å². The number of likely N-dealkylation sites (tertiary alicyclic amines) is 1. The van der Waals surface area contributed by atoms with Gasteiger partial charge in [-0.05, 0) is 81.0 Å². The molecule has 5 fully saturated rings. The molecule has 1 saturated carbocycles. The minimum absolute atomic E-state index is 0.00156. The first kappa shape index (κ1) is 38.3. The predicted molar refractivity (Wildman–Crippen MR) is 208 cm³/mol. The summed E-state index contributed by atoms with van der Waals surface area (Å²) in [5.41, 5.74) is 1.80. The van der Waals surface area contributed by atoms with Gasteiger partial charge in [0.2, 0.25) is 11.8 Å². The summed E-state index contributed by atoms with van der Waals surface area (Å²) in [6.45, 7) is 4.61. The van der Waals surface area contributed by atoms with Crippen molar-refractivity contribution in [1.29, 1.82) is 0 Å². The van der Waals surface area contributed by atoms with Gasteiger partial charge < -0.3 is 24.6 Å². The number of carbonyl (C=O) groups is 3. The van der Waals surface area contributed by atoms with E-state index in [1.165, 1.54) is 10.7 Å². The lowest BCUT2D eigenvalue weighted by atomic mass is 9.85. The van der Waals surface area contributed by atoms with Gasteiger partial charge in [0.25, 0.3) is 12.3 Å². The van der Waals surface area contributed by atoms with Crippen molar-refractivity contribution in [2.45, 2.75) is 94.4 Å². The molecule has 2 bridgehead atoms. The van der Waals surface area contributed by atoms with Gasteiger partial charge in [-0.1, -0.05) is 24.0 Å². The molecule has 0 spiro atoms. The smallest absolute Gasteiger partial charge is 0.284 e. The highest BCUT2D eigenvalue weighted by Gasteiger charge is 2.40. The molecule has 2 N–H and O–H groups in total. The Bertz CT molecular complexity index is 2230. The van der Waals surface area contributed by atoms with Crippen LogP contribution < -0.4 is 15.5 Å². The third kappa shape index (κ3) is 8.21. The fraction of sp³-hybridized carbons (Fsp3) is 0.524. The van der Waals surface area contributed by atoms with Crippen molar-refractivity contribution in [3.63, 3.8) is 0 Å². The van der Waals surface area contributed by atoms with Crippen molar-refractivity contribution in [1.82, 2.24) is 34.6 Å². The Morgan fingerprint density at radius 1 is 1.07 bits per heavy atom. The molecule has 14 nitrogen and oxygen atoms in total. The summed E-state index contributed by atoms with van der Waals surface area (Å²) in [6, 6.07) is 9.70. The van der Waals surface area contributed by atoms with Crippen LogP contribution in [0.15, 0.2) is 48.9 Å². The van der Waals surface area contributed by atoms with E-state index in [0.717, 1.165) is 88.1 Å². The Hall–Kier alpha value is -5.24. The lowest BCUT2D eigenvalue weighted by Crippen LogP contribution is -2.40. The first-order valence-corrected chi connectivity index (χ1v) is 20.4. The zero-order chi connectivity index (χ0) is 39.8. The van der Waals surface area contributed by atoms with Gasteiger partial charge in [-0.3, -0.25) is 24.4 Å². The molecule has 16 heteroatoms. The average Bonchev–Trinajstić information content (AvgIpc) is 4.05. The number of anilines is 2. The Morgan fingerprint density at radius 2 is 1.91 bits per heavy atom. The highest BCUT2D eigenvalue weighted by molar-refractivity contribution is 6.08. The molecular formula is C42H47F2N9O5. The lowest BCUT2D eigenvalue weighted by Gasteiger charge is -2.36. The zero-order valence-corrected chi connectivity index (χ0v) is 32.2. The number of amides is 3. The van der Waals surface area contributed by atoms with Crippen molar-refractivity contribution in [3.05, 3.63) is 71.3 Å². The Morgan fingerprint density at radius 3 is 2.67 bits per heavy atom. The molecule has 4 saturated heterocycles. The molecule has 1 aromatic carbocycles. The van der Waals surface area contributed by atoms with Gasteiger partial charge in [0, 0.05) is 50.6 Å². The van der Waals surface area contributed by atoms with Crippen LogP contribution in [0.5, 0.6) is 0 Å². The number of imide groups is 1. The third-order valence-corrected chi connectivity index (χ3v) is 12.4. The molecule has 1 unspecified atom stereocenters. The maximum absolute atomic E-state index is 14.2. The molecule has 58 heavy (non-hydrogen) atoms. The monoisotopic (exact) mass is 795 g/mol. The number of alkyl halides is 2. The van der Waals surface area contributed by atoms with Gasteiger partial charge in [0.05, 0.1) is 48.7 Å². The fourth-order valence-electron chi connectivity index (χ4n) is 9.26. The molecule has 304 valence electrons. The van der Waals surface area contributed by atoms with Gasteiger partial charge in [-0.25, -0.2) is 18.3 Å². The van der Waals surface area contributed by atoms with E-state index in [4.69, 9.17) is 14.5 Å².